The molecule has 1 aliphatic rings. The maximum Gasteiger partial charge on any atom is 0.270 e. The van der Waals surface area contributed by atoms with E-state index in [4.69, 9.17) is 0 Å². The van der Waals surface area contributed by atoms with Gasteiger partial charge in [0.1, 0.15) is 6.07 Å². The van der Waals surface area contributed by atoms with Crippen molar-refractivity contribution in [3.05, 3.63) is 81.0 Å². The smallest absolute Gasteiger partial charge is 0.270 e. The third kappa shape index (κ3) is 2.77. The van der Waals surface area contributed by atoms with Gasteiger partial charge in [0, 0.05) is 30.1 Å². The second-order valence-corrected chi connectivity index (χ2v) is 5.35. The van der Waals surface area contributed by atoms with Crippen molar-refractivity contribution in [2.45, 2.75) is 6.92 Å². The fourth-order valence-corrected chi connectivity index (χ4v) is 2.80. The topological polar surface area (TPSA) is 70.2 Å². The van der Waals surface area contributed by atoms with Gasteiger partial charge in [-0.1, -0.05) is 24.3 Å². The van der Waals surface area contributed by atoms with E-state index in [9.17, 15) is 15.4 Å². The van der Waals surface area contributed by atoms with Crippen molar-refractivity contribution in [1.82, 2.24) is 0 Å². The summed E-state index contributed by atoms with van der Waals surface area (Å²) < 4.78 is 0. The van der Waals surface area contributed by atoms with E-state index >= 15 is 0 Å². The molecule has 0 unspecified atom stereocenters. The molecule has 2 aromatic rings. The minimum absolute atomic E-state index is 0.0782. The highest BCUT2D eigenvalue weighted by molar-refractivity contribution is 5.80. The number of fused-ring (bicyclic) bond motifs is 1. The van der Waals surface area contributed by atoms with Crippen molar-refractivity contribution < 1.29 is 4.92 Å². The van der Waals surface area contributed by atoms with Crippen LogP contribution in [-0.2, 0) is 0 Å². The second kappa shape index (κ2) is 6.39. The summed E-state index contributed by atoms with van der Waals surface area (Å²) >= 11 is 0. The SMILES string of the molecule is CCN1C(=Cc2ccc([N+](=O)[O-])cc2C#N)C=Cc2ccccc21. The van der Waals surface area contributed by atoms with Gasteiger partial charge in [-0.25, -0.2) is 0 Å². The molecular weight excluding hydrogens is 302 g/mol. The number of nitrogens with zero attached hydrogens (tertiary/aromatic N) is 3. The summed E-state index contributed by atoms with van der Waals surface area (Å²) in [6.07, 6.45) is 5.91. The Morgan fingerprint density at radius 2 is 2.04 bits per heavy atom. The van der Waals surface area contributed by atoms with Crippen molar-refractivity contribution in [3.8, 4) is 6.07 Å². The molecule has 118 valence electrons. The van der Waals surface area contributed by atoms with E-state index in [0.717, 1.165) is 23.5 Å². The number of anilines is 1. The molecule has 0 atom stereocenters. The summed E-state index contributed by atoms with van der Waals surface area (Å²) in [4.78, 5) is 12.5. The predicted molar refractivity (Wildman–Crippen MR) is 94.3 cm³/mol. The molecule has 0 saturated heterocycles. The highest BCUT2D eigenvalue weighted by atomic mass is 16.6. The monoisotopic (exact) mass is 317 g/mol. The maximum absolute atomic E-state index is 10.9. The van der Waals surface area contributed by atoms with E-state index in [1.54, 1.807) is 6.07 Å². The van der Waals surface area contributed by atoms with Crippen LogP contribution in [0.25, 0.3) is 12.2 Å². The van der Waals surface area contributed by atoms with Gasteiger partial charge in [0.2, 0.25) is 0 Å². The minimum atomic E-state index is -0.493. The number of rotatable bonds is 3. The van der Waals surface area contributed by atoms with E-state index in [0.29, 0.717) is 11.1 Å². The van der Waals surface area contributed by atoms with Crippen molar-refractivity contribution in [2.75, 3.05) is 11.4 Å². The van der Waals surface area contributed by atoms with E-state index in [-0.39, 0.29) is 5.69 Å². The van der Waals surface area contributed by atoms with Gasteiger partial charge in [0.15, 0.2) is 0 Å². The summed E-state index contributed by atoms with van der Waals surface area (Å²) in [7, 11) is 0. The molecule has 0 fully saturated rings. The average Bonchev–Trinajstić information content (AvgIpc) is 2.61. The van der Waals surface area contributed by atoms with Crippen LogP contribution in [0.5, 0.6) is 0 Å². The molecule has 1 aliphatic heterocycles. The third-order valence-electron chi connectivity index (χ3n) is 3.96. The Morgan fingerprint density at radius 3 is 2.75 bits per heavy atom. The Morgan fingerprint density at radius 1 is 1.25 bits per heavy atom. The van der Waals surface area contributed by atoms with E-state index in [1.165, 1.54) is 12.1 Å². The Balaban J connectivity index is 2.06. The molecule has 0 N–H and O–H groups in total. The number of likely N-dealkylation sites (N-methyl/N-ethyl adjacent to an activating group) is 1. The van der Waals surface area contributed by atoms with Gasteiger partial charge in [-0.2, -0.15) is 5.26 Å². The molecule has 1 heterocycles. The van der Waals surface area contributed by atoms with Gasteiger partial charge in [-0.3, -0.25) is 10.1 Å². The first-order chi connectivity index (χ1) is 11.6. The molecule has 3 rings (SSSR count). The minimum Gasteiger partial charge on any atom is -0.341 e. The van der Waals surface area contributed by atoms with Crippen LogP contribution in [0.1, 0.15) is 23.6 Å². The van der Waals surface area contributed by atoms with Crippen LogP contribution in [0.15, 0.2) is 54.2 Å². The largest absolute Gasteiger partial charge is 0.341 e. The maximum atomic E-state index is 10.9. The molecule has 2 aromatic carbocycles. The van der Waals surface area contributed by atoms with Crippen molar-refractivity contribution in [3.63, 3.8) is 0 Å². The molecule has 24 heavy (non-hydrogen) atoms. The molecule has 0 amide bonds. The van der Waals surface area contributed by atoms with Gasteiger partial charge in [0.05, 0.1) is 10.5 Å². The molecular formula is C19H15N3O2. The highest BCUT2D eigenvalue weighted by Gasteiger charge is 2.16. The summed E-state index contributed by atoms with van der Waals surface area (Å²) in [5.74, 6) is 0. The molecule has 0 bridgehead atoms. The van der Waals surface area contributed by atoms with Crippen molar-refractivity contribution >= 4 is 23.5 Å². The number of hydrogen-bond acceptors (Lipinski definition) is 4. The van der Waals surface area contributed by atoms with Crippen LogP contribution < -0.4 is 4.90 Å². The zero-order chi connectivity index (χ0) is 17.1. The molecule has 0 aromatic heterocycles. The highest BCUT2D eigenvalue weighted by Crippen LogP contribution is 2.32. The Hall–Kier alpha value is -3.39. The van der Waals surface area contributed by atoms with Crippen LogP contribution in [0.4, 0.5) is 11.4 Å². The Bertz CT molecular complexity index is 907. The zero-order valence-corrected chi connectivity index (χ0v) is 13.1. The van der Waals surface area contributed by atoms with E-state index in [1.807, 2.05) is 36.4 Å². The number of non-ortho nitro benzene ring substituents is 1. The first-order valence-corrected chi connectivity index (χ1v) is 7.59. The lowest BCUT2D eigenvalue weighted by Crippen LogP contribution is -2.23. The number of nitro groups is 1. The van der Waals surface area contributed by atoms with Crippen LogP contribution in [0.3, 0.4) is 0 Å². The molecule has 5 nitrogen and oxygen atoms in total. The normalized spacial score (nSPS) is 14.3. The summed E-state index contributed by atoms with van der Waals surface area (Å²) in [5.41, 5.74) is 4.07. The lowest BCUT2D eigenvalue weighted by atomic mass is 10.0. The summed E-state index contributed by atoms with van der Waals surface area (Å²) in [6.45, 7) is 2.84. The van der Waals surface area contributed by atoms with E-state index < -0.39 is 4.92 Å². The first kappa shape index (κ1) is 15.5. The number of nitriles is 1. The molecule has 0 radical (unpaired) electrons. The number of para-hydroxylation sites is 1. The molecule has 0 aliphatic carbocycles. The number of nitro benzene ring substituents is 1. The number of benzene rings is 2. The fourth-order valence-electron chi connectivity index (χ4n) is 2.80. The van der Waals surface area contributed by atoms with Gasteiger partial charge in [-0.15, -0.1) is 0 Å². The van der Waals surface area contributed by atoms with Gasteiger partial charge >= 0.3 is 0 Å². The van der Waals surface area contributed by atoms with Crippen molar-refractivity contribution in [1.29, 1.82) is 5.26 Å². The quantitative estimate of drug-likeness (QED) is 0.623. The fraction of sp³-hybridized carbons (Fsp3) is 0.105. The standard InChI is InChI=1S/C19H15N3O2/c1-2-21-17(9-7-14-5-3-4-6-19(14)21)11-15-8-10-18(22(23)24)12-16(15)13-20/h3-12H,2H2,1H3. The Labute approximate surface area is 139 Å². The number of hydrogen-bond donors (Lipinski definition) is 0. The molecule has 0 spiro atoms. The van der Waals surface area contributed by atoms with Crippen LogP contribution in [0, 0.1) is 21.4 Å². The summed E-state index contributed by atoms with van der Waals surface area (Å²) in [5, 5.41) is 20.2. The lowest BCUT2D eigenvalue weighted by molar-refractivity contribution is -0.384. The van der Waals surface area contributed by atoms with E-state index in [2.05, 4.69) is 24.0 Å². The van der Waals surface area contributed by atoms with Gasteiger partial charge in [0.25, 0.3) is 5.69 Å². The Kier molecular flexibility index (Phi) is 4.13. The molecule has 5 heteroatoms. The van der Waals surface area contributed by atoms with Crippen LogP contribution in [-0.4, -0.2) is 11.5 Å². The van der Waals surface area contributed by atoms with Crippen LogP contribution >= 0.6 is 0 Å². The third-order valence-corrected chi connectivity index (χ3v) is 3.96. The van der Waals surface area contributed by atoms with Gasteiger partial charge in [-0.05, 0) is 42.3 Å². The van der Waals surface area contributed by atoms with Crippen LogP contribution in [0.2, 0.25) is 0 Å². The predicted octanol–water partition coefficient (Wildman–Crippen LogP) is 4.36. The van der Waals surface area contributed by atoms with Crippen molar-refractivity contribution in [2.24, 2.45) is 0 Å². The molecule has 0 saturated carbocycles. The summed E-state index contributed by atoms with van der Waals surface area (Å²) in [6, 6.07) is 14.5. The zero-order valence-electron chi connectivity index (χ0n) is 13.1. The first-order valence-electron chi connectivity index (χ1n) is 7.59. The average molecular weight is 317 g/mol. The second-order valence-electron chi connectivity index (χ2n) is 5.35. The number of allylic oxidation sites excluding steroid dienone is 1. The lowest BCUT2D eigenvalue weighted by Gasteiger charge is -2.29. The van der Waals surface area contributed by atoms with Gasteiger partial charge < -0.3 is 4.90 Å².